The Bertz CT molecular complexity index is 389. The molecule has 0 aliphatic carbocycles. The SMILES string of the molecule is CC1(C)NS(=O)c2cc(Br)ccc21. The van der Waals surface area contributed by atoms with Crippen LogP contribution in [-0.4, -0.2) is 4.21 Å². The summed E-state index contributed by atoms with van der Waals surface area (Å²) in [7, 11) is -1.06. The molecule has 1 N–H and O–H groups in total. The van der Waals surface area contributed by atoms with E-state index in [1.165, 1.54) is 0 Å². The molecule has 1 aliphatic rings. The minimum atomic E-state index is -1.06. The highest BCUT2D eigenvalue weighted by atomic mass is 79.9. The lowest BCUT2D eigenvalue weighted by molar-refractivity contribution is 0.509. The lowest BCUT2D eigenvalue weighted by atomic mass is 9.96. The number of nitrogens with one attached hydrogen (secondary N) is 1. The molecule has 70 valence electrons. The van der Waals surface area contributed by atoms with Gasteiger partial charge >= 0.3 is 0 Å². The van der Waals surface area contributed by atoms with Gasteiger partial charge in [-0.2, -0.15) is 0 Å². The highest BCUT2D eigenvalue weighted by molar-refractivity contribution is 9.10. The molecule has 0 amide bonds. The van der Waals surface area contributed by atoms with Gasteiger partial charge < -0.3 is 0 Å². The van der Waals surface area contributed by atoms with Crippen molar-refractivity contribution >= 4 is 26.9 Å². The molecule has 1 aliphatic heterocycles. The average Bonchev–Trinajstić information content (AvgIpc) is 2.22. The first-order valence-electron chi connectivity index (χ1n) is 4.00. The Kier molecular flexibility index (Phi) is 2.09. The maximum absolute atomic E-state index is 11.6. The van der Waals surface area contributed by atoms with Gasteiger partial charge in [-0.15, -0.1) is 0 Å². The molecule has 1 unspecified atom stereocenters. The Morgan fingerprint density at radius 1 is 1.46 bits per heavy atom. The van der Waals surface area contributed by atoms with E-state index in [0.29, 0.717) is 0 Å². The van der Waals surface area contributed by atoms with Crippen LogP contribution >= 0.6 is 15.9 Å². The average molecular weight is 260 g/mol. The fourth-order valence-corrected chi connectivity index (χ4v) is 3.46. The zero-order chi connectivity index (χ0) is 9.64. The molecule has 0 saturated carbocycles. The number of benzene rings is 1. The highest BCUT2D eigenvalue weighted by Crippen LogP contribution is 2.34. The molecule has 1 aromatic carbocycles. The largest absolute Gasteiger partial charge is 0.237 e. The van der Waals surface area contributed by atoms with E-state index in [0.717, 1.165) is 14.9 Å². The summed E-state index contributed by atoms with van der Waals surface area (Å²) in [6, 6.07) is 5.90. The van der Waals surface area contributed by atoms with Crippen LogP contribution in [0.25, 0.3) is 0 Å². The summed E-state index contributed by atoms with van der Waals surface area (Å²) in [5.74, 6) is 0. The highest BCUT2D eigenvalue weighted by Gasteiger charge is 2.34. The molecule has 2 nitrogen and oxygen atoms in total. The summed E-state index contributed by atoms with van der Waals surface area (Å²) in [4.78, 5) is 0.888. The van der Waals surface area contributed by atoms with Crippen LogP contribution in [-0.2, 0) is 16.5 Å². The topological polar surface area (TPSA) is 29.1 Å². The number of hydrogen-bond acceptors (Lipinski definition) is 1. The van der Waals surface area contributed by atoms with E-state index in [1.54, 1.807) is 0 Å². The van der Waals surface area contributed by atoms with Gasteiger partial charge in [0.25, 0.3) is 0 Å². The van der Waals surface area contributed by atoms with Crippen LogP contribution in [0, 0.1) is 0 Å². The Morgan fingerprint density at radius 3 is 2.85 bits per heavy atom. The van der Waals surface area contributed by atoms with E-state index in [9.17, 15) is 4.21 Å². The molecule has 0 aromatic heterocycles. The van der Waals surface area contributed by atoms with Crippen molar-refractivity contribution in [1.29, 1.82) is 0 Å². The van der Waals surface area contributed by atoms with Crippen molar-refractivity contribution in [2.75, 3.05) is 0 Å². The van der Waals surface area contributed by atoms with Gasteiger partial charge in [-0.1, -0.05) is 22.0 Å². The molecule has 13 heavy (non-hydrogen) atoms. The second kappa shape index (κ2) is 2.90. The second-order valence-electron chi connectivity index (χ2n) is 3.64. The van der Waals surface area contributed by atoms with Crippen LogP contribution in [0.4, 0.5) is 0 Å². The number of rotatable bonds is 0. The Morgan fingerprint density at radius 2 is 2.15 bits per heavy atom. The van der Waals surface area contributed by atoms with E-state index in [-0.39, 0.29) is 5.54 Å². The van der Waals surface area contributed by atoms with Crippen molar-refractivity contribution in [3.63, 3.8) is 0 Å². The van der Waals surface area contributed by atoms with Crippen molar-refractivity contribution in [3.05, 3.63) is 28.2 Å². The molecule has 4 heteroatoms. The van der Waals surface area contributed by atoms with E-state index in [4.69, 9.17) is 0 Å². The standard InChI is InChI=1S/C9H10BrNOS/c1-9(2)7-4-3-6(10)5-8(7)13(12)11-9/h3-5,11H,1-2H3. The minimum absolute atomic E-state index is 0.180. The van der Waals surface area contributed by atoms with Gasteiger partial charge in [0.15, 0.2) is 0 Å². The van der Waals surface area contributed by atoms with E-state index in [1.807, 2.05) is 32.0 Å². The smallest absolute Gasteiger partial charge is 0.126 e. The molecular weight excluding hydrogens is 250 g/mol. The van der Waals surface area contributed by atoms with E-state index < -0.39 is 11.0 Å². The third kappa shape index (κ3) is 1.47. The summed E-state index contributed by atoms with van der Waals surface area (Å²) < 4.78 is 15.6. The molecule has 0 saturated heterocycles. The first kappa shape index (κ1) is 9.37. The normalized spacial score (nSPS) is 24.4. The summed E-state index contributed by atoms with van der Waals surface area (Å²) >= 11 is 3.37. The molecule has 0 radical (unpaired) electrons. The fraction of sp³-hybridized carbons (Fsp3) is 0.333. The number of halogens is 1. The summed E-state index contributed by atoms with van der Waals surface area (Å²) in [6.45, 7) is 4.06. The molecule has 0 bridgehead atoms. The molecule has 1 heterocycles. The molecule has 0 spiro atoms. The van der Waals surface area contributed by atoms with Crippen LogP contribution in [0.5, 0.6) is 0 Å². The summed E-state index contributed by atoms with van der Waals surface area (Å²) in [5, 5.41) is 0. The molecule has 2 rings (SSSR count). The number of hydrogen-bond donors (Lipinski definition) is 1. The Balaban J connectivity index is 2.66. The molecule has 0 fully saturated rings. The predicted octanol–water partition coefficient (Wildman–Crippen LogP) is 2.31. The van der Waals surface area contributed by atoms with Gasteiger partial charge in [-0.3, -0.25) is 0 Å². The maximum atomic E-state index is 11.6. The molecular formula is C9H10BrNOS. The summed E-state index contributed by atoms with van der Waals surface area (Å²) in [5.41, 5.74) is 0.940. The van der Waals surface area contributed by atoms with Crippen LogP contribution < -0.4 is 4.72 Å². The van der Waals surface area contributed by atoms with Gasteiger partial charge in [0.2, 0.25) is 0 Å². The lowest BCUT2D eigenvalue weighted by Crippen LogP contribution is -2.30. The van der Waals surface area contributed by atoms with Gasteiger partial charge in [0.1, 0.15) is 11.0 Å². The second-order valence-corrected chi connectivity index (χ2v) is 5.73. The third-order valence-corrected chi connectivity index (χ3v) is 4.09. The first-order valence-corrected chi connectivity index (χ1v) is 5.94. The van der Waals surface area contributed by atoms with E-state index >= 15 is 0 Å². The number of fused-ring (bicyclic) bond motifs is 1. The van der Waals surface area contributed by atoms with Crippen molar-refractivity contribution in [2.45, 2.75) is 24.3 Å². The monoisotopic (exact) mass is 259 g/mol. The predicted molar refractivity (Wildman–Crippen MR) is 56.7 cm³/mol. The molecule has 1 atom stereocenters. The zero-order valence-electron chi connectivity index (χ0n) is 7.43. The van der Waals surface area contributed by atoms with Crippen LogP contribution in [0.15, 0.2) is 27.6 Å². The van der Waals surface area contributed by atoms with Crippen LogP contribution in [0.1, 0.15) is 19.4 Å². The summed E-state index contributed by atoms with van der Waals surface area (Å²) in [6.07, 6.45) is 0. The van der Waals surface area contributed by atoms with Crippen molar-refractivity contribution in [1.82, 2.24) is 4.72 Å². The van der Waals surface area contributed by atoms with Crippen molar-refractivity contribution < 1.29 is 4.21 Å². The zero-order valence-corrected chi connectivity index (χ0v) is 9.83. The van der Waals surface area contributed by atoms with Crippen molar-refractivity contribution in [3.8, 4) is 0 Å². The Labute approximate surface area is 88.4 Å². The van der Waals surface area contributed by atoms with Gasteiger partial charge in [0.05, 0.1) is 10.4 Å². The van der Waals surface area contributed by atoms with Gasteiger partial charge in [0, 0.05) is 4.47 Å². The van der Waals surface area contributed by atoms with Gasteiger partial charge in [-0.25, -0.2) is 8.93 Å². The molecule has 1 aromatic rings. The van der Waals surface area contributed by atoms with Gasteiger partial charge in [-0.05, 0) is 31.5 Å². The van der Waals surface area contributed by atoms with Crippen LogP contribution in [0.2, 0.25) is 0 Å². The lowest BCUT2D eigenvalue weighted by Gasteiger charge is -2.17. The van der Waals surface area contributed by atoms with Crippen LogP contribution in [0.3, 0.4) is 0 Å². The van der Waals surface area contributed by atoms with E-state index in [2.05, 4.69) is 20.7 Å². The fourth-order valence-electron chi connectivity index (χ4n) is 1.51. The van der Waals surface area contributed by atoms with Crippen molar-refractivity contribution in [2.24, 2.45) is 0 Å². The quantitative estimate of drug-likeness (QED) is 0.762. The third-order valence-electron chi connectivity index (χ3n) is 2.16. The minimum Gasteiger partial charge on any atom is -0.237 e. The maximum Gasteiger partial charge on any atom is 0.126 e. The first-order chi connectivity index (χ1) is 6.00. The Hall–Kier alpha value is -0.190.